The molecule has 0 aliphatic carbocycles. The Labute approximate surface area is 208 Å². The lowest BCUT2D eigenvalue weighted by Gasteiger charge is -2.15. The molecule has 0 atom stereocenters. The molecular formula is C28H27N3O5. The predicted octanol–water partition coefficient (Wildman–Crippen LogP) is 4.44. The summed E-state index contributed by atoms with van der Waals surface area (Å²) in [6, 6.07) is 23.3. The van der Waals surface area contributed by atoms with Gasteiger partial charge in [-0.2, -0.15) is 0 Å². The van der Waals surface area contributed by atoms with Crippen molar-refractivity contribution in [2.24, 2.45) is 0 Å². The van der Waals surface area contributed by atoms with E-state index in [0.717, 1.165) is 11.1 Å². The zero-order valence-corrected chi connectivity index (χ0v) is 20.1. The van der Waals surface area contributed by atoms with Gasteiger partial charge in [0.05, 0.1) is 24.8 Å². The Kier molecular flexibility index (Phi) is 7.65. The van der Waals surface area contributed by atoms with Crippen LogP contribution in [0.25, 0.3) is 10.9 Å². The van der Waals surface area contributed by atoms with Crippen LogP contribution in [0.4, 0.5) is 11.4 Å². The van der Waals surface area contributed by atoms with Gasteiger partial charge < -0.3 is 20.1 Å². The number of methoxy groups -OCH3 is 1. The number of benzene rings is 3. The van der Waals surface area contributed by atoms with Crippen molar-refractivity contribution in [3.8, 4) is 5.75 Å². The van der Waals surface area contributed by atoms with Crippen LogP contribution in [-0.4, -0.2) is 30.2 Å². The summed E-state index contributed by atoms with van der Waals surface area (Å²) in [6.45, 7) is 2.06. The van der Waals surface area contributed by atoms with E-state index in [1.54, 1.807) is 44.4 Å². The number of nitrogens with one attached hydrogen (secondary N) is 2. The Bertz CT molecular complexity index is 1450. The summed E-state index contributed by atoms with van der Waals surface area (Å²) >= 11 is 0. The number of rotatable bonds is 9. The third-order valence-corrected chi connectivity index (χ3v) is 5.59. The first-order valence-electron chi connectivity index (χ1n) is 11.5. The molecule has 0 fully saturated rings. The van der Waals surface area contributed by atoms with Crippen molar-refractivity contribution in [1.82, 2.24) is 4.57 Å². The van der Waals surface area contributed by atoms with Gasteiger partial charge in [-0.05, 0) is 60.8 Å². The molecule has 8 heteroatoms. The third kappa shape index (κ3) is 5.72. The first kappa shape index (κ1) is 24.5. The Balaban J connectivity index is 1.63. The molecular weight excluding hydrogens is 458 g/mol. The molecule has 8 nitrogen and oxygen atoms in total. The second-order valence-corrected chi connectivity index (χ2v) is 8.05. The number of nitrogens with zero attached hydrogens (tertiary/aromatic N) is 1. The highest BCUT2D eigenvalue weighted by Gasteiger charge is 2.15. The van der Waals surface area contributed by atoms with Crippen LogP contribution in [0.3, 0.4) is 0 Å². The van der Waals surface area contributed by atoms with Crippen LogP contribution < -0.4 is 20.9 Å². The van der Waals surface area contributed by atoms with Gasteiger partial charge >= 0.3 is 5.97 Å². The number of hydrogen-bond donors (Lipinski definition) is 2. The molecule has 2 N–H and O–H groups in total. The van der Waals surface area contributed by atoms with Gasteiger partial charge in [-0.25, -0.2) is 4.79 Å². The number of aromatic nitrogens is 1. The van der Waals surface area contributed by atoms with E-state index in [4.69, 9.17) is 9.47 Å². The fourth-order valence-corrected chi connectivity index (χ4v) is 3.86. The number of fused-ring (bicyclic) bond motifs is 1. The monoisotopic (exact) mass is 485 g/mol. The molecule has 4 rings (SSSR count). The summed E-state index contributed by atoms with van der Waals surface area (Å²) < 4.78 is 11.8. The van der Waals surface area contributed by atoms with Gasteiger partial charge in [0.2, 0.25) is 5.91 Å². The number of para-hydroxylation sites is 1. The molecule has 0 aliphatic heterocycles. The van der Waals surface area contributed by atoms with Crippen LogP contribution >= 0.6 is 0 Å². The van der Waals surface area contributed by atoms with Crippen LogP contribution in [-0.2, 0) is 22.6 Å². The summed E-state index contributed by atoms with van der Waals surface area (Å²) in [7, 11) is 1.55. The summed E-state index contributed by atoms with van der Waals surface area (Å²) in [5.74, 6) is -0.301. The lowest BCUT2D eigenvalue weighted by atomic mass is 10.1. The fraction of sp³-hybridized carbons (Fsp3) is 0.179. The van der Waals surface area contributed by atoms with E-state index in [1.165, 1.54) is 4.57 Å². The van der Waals surface area contributed by atoms with Gasteiger partial charge in [0.25, 0.3) is 5.56 Å². The molecule has 0 spiro atoms. The van der Waals surface area contributed by atoms with Gasteiger partial charge in [0.15, 0.2) is 0 Å². The predicted molar refractivity (Wildman–Crippen MR) is 140 cm³/mol. The lowest BCUT2D eigenvalue weighted by Crippen LogP contribution is -2.30. The van der Waals surface area contributed by atoms with E-state index in [1.807, 2.05) is 48.5 Å². The van der Waals surface area contributed by atoms with Gasteiger partial charge in [0, 0.05) is 29.5 Å². The van der Waals surface area contributed by atoms with Crippen molar-refractivity contribution in [2.45, 2.75) is 20.0 Å². The molecule has 0 saturated heterocycles. The molecule has 36 heavy (non-hydrogen) atoms. The van der Waals surface area contributed by atoms with Crippen molar-refractivity contribution in [3.63, 3.8) is 0 Å². The average molecular weight is 486 g/mol. The second-order valence-electron chi connectivity index (χ2n) is 8.05. The molecule has 1 aromatic heterocycles. The molecule has 184 valence electrons. The van der Waals surface area contributed by atoms with Crippen molar-refractivity contribution in [2.75, 3.05) is 24.4 Å². The van der Waals surface area contributed by atoms with Crippen LogP contribution in [0, 0.1) is 0 Å². The van der Waals surface area contributed by atoms with Crippen LogP contribution in [0.15, 0.2) is 83.7 Å². The largest absolute Gasteiger partial charge is 0.497 e. The summed E-state index contributed by atoms with van der Waals surface area (Å²) in [4.78, 5) is 38.5. The number of anilines is 2. The molecule has 4 aromatic rings. The molecule has 0 aliphatic rings. The van der Waals surface area contributed by atoms with E-state index in [9.17, 15) is 14.4 Å². The number of carbonyl (C=O) groups is 2. The molecule has 3 aromatic carbocycles. The van der Waals surface area contributed by atoms with Gasteiger partial charge in [-0.3, -0.25) is 14.2 Å². The maximum absolute atomic E-state index is 13.4. The number of carbonyl (C=O) groups excluding carboxylic acids is 2. The number of ether oxygens (including phenoxy) is 2. The highest BCUT2D eigenvalue weighted by Crippen LogP contribution is 2.21. The molecule has 1 heterocycles. The van der Waals surface area contributed by atoms with Gasteiger partial charge in [-0.15, -0.1) is 0 Å². The third-order valence-electron chi connectivity index (χ3n) is 5.59. The number of esters is 1. The number of pyridine rings is 1. The van der Waals surface area contributed by atoms with Crippen LogP contribution in [0.2, 0.25) is 0 Å². The van der Waals surface area contributed by atoms with E-state index in [-0.39, 0.29) is 18.7 Å². The minimum atomic E-state index is -0.471. The van der Waals surface area contributed by atoms with E-state index in [2.05, 4.69) is 10.6 Å². The van der Waals surface area contributed by atoms with Gasteiger partial charge in [0.1, 0.15) is 12.3 Å². The van der Waals surface area contributed by atoms with Crippen molar-refractivity contribution < 1.29 is 19.1 Å². The number of hydrogen-bond acceptors (Lipinski definition) is 6. The standard InChI is InChI=1S/C28H27N3O5/c1-3-36-28(34)20-8-7-11-23(15-20)30-26(32)18-31-25-16-24(35-2)13-12-19(25)14-21(27(31)33)17-29-22-9-5-4-6-10-22/h4-16,29H,3,17-18H2,1-2H3,(H,30,32). The maximum atomic E-state index is 13.4. The summed E-state index contributed by atoms with van der Waals surface area (Å²) in [5, 5.41) is 6.83. The Morgan fingerprint density at radius 3 is 2.44 bits per heavy atom. The smallest absolute Gasteiger partial charge is 0.338 e. The zero-order valence-electron chi connectivity index (χ0n) is 20.1. The maximum Gasteiger partial charge on any atom is 0.338 e. The quantitative estimate of drug-likeness (QED) is 0.340. The molecule has 0 unspecified atom stereocenters. The Morgan fingerprint density at radius 2 is 1.69 bits per heavy atom. The minimum Gasteiger partial charge on any atom is -0.497 e. The van der Waals surface area contributed by atoms with Crippen molar-refractivity contribution >= 4 is 34.2 Å². The SMILES string of the molecule is CCOC(=O)c1cccc(NC(=O)Cn2c(=O)c(CNc3ccccc3)cc3ccc(OC)cc32)c1. The molecule has 0 bridgehead atoms. The first-order valence-corrected chi connectivity index (χ1v) is 11.5. The first-order chi connectivity index (χ1) is 17.5. The highest BCUT2D eigenvalue weighted by atomic mass is 16.5. The van der Waals surface area contributed by atoms with Crippen molar-refractivity contribution in [3.05, 3.63) is 100 Å². The normalized spacial score (nSPS) is 10.6. The van der Waals surface area contributed by atoms with Gasteiger partial charge in [-0.1, -0.05) is 24.3 Å². The Morgan fingerprint density at radius 1 is 0.917 bits per heavy atom. The summed E-state index contributed by atoms with van der Waals surface area (Å²) in [6.07, 6.45) is 0. The van der Waals surface area contributed by atoms with E-state index >= 15 is 0 Å². The molecule has 1 amide bonds. The highest BCUT2D eigenvalue weighted by molar-refractivity contribution is 5.95. The topological polar surface area (TPSA) is 98.7 Å². The van der Waals surface area contributed by atoms with E-state index < -0.39 is 11.9 Å². The van der Waals surface area contributed by atoms with E-state index in [0.29, 0.717) is 34.6 Å². The number of amides is 1. The lowest BCUT2D eigenvalue weighted by molar-refractivity contribution is -0.116. The van der Waals surface area contributed by atoms with Crippen LogP contribution in [0.5, 0.6) is 5.75 Å². The average Bonchev–Trinajstić information content (AvgIpc) is 2.90. The van der Waals surface area contributed by atoms with Crippen molar-refractivity contribution in [1.29, 1.82) is 0 Å². The molecule has 0 radical (unpaired) electrons. The zero-order chi connectivity index (χ0) is 25.5. The summed E-state index contributed by atoms with van der Waals surface area (Å²) in [5.41, 5.74) is 2.47. The minimum absolute atomic E-state index is 0.217. The Hall–Kier alpha value is -4.59. The second kappa shape index (κ2) is 11.2. The fourth-order valence-electron chi connectivity index (χ4n) is 3.86. The van der Waals surface area contributed by atoms with Crippen LogP contribution in [0.1, 0.15) is 22.8 Å². The molecule has 0 saturated carbocycles.